The lowest BCUT2D eigenvalue weighted by Gasteiger charge is -2.15. The van der Waals surface area contributed by atoms with E-state index < -0.39 is 44.3 Å². The number of hydrogen-bond donors (Lipinski definition) is 0. The molecule has 0 spiro atoms. The molecule has 0 saturated heterocycles. The molecule has 0 amide bonds. The van der Waals surface area contributed by atoms with E-state index >= 15 is 0 Å². The Bertz CT molecular complexity index is 469. The standard InChI is InChI=1S/C11H8F6OS2/c12-10(13,14)19-8-5-1-3-7(4-2-6-18)9(8)20-11(15,16)17/h1,3,5-6H,2,4H2. The van der Waals surface area contributed by atoms with Gasteiger partial charge in [-0.05, 0) is 41.6 Å². The first-order valence-corrected chi connectivity index (χ1v) is 6.82. The first kappa shape index (κ1) is 17.2. The van der Waals surface area contributed by atoms with Crippen molar-refractivity contribution in [2.24, 2.45) is 0 Å². The van der Waals surface area contributed by atoms with Crippen LogP contribution < -0.4 is 0 Å². The summed E-state index contributed by atoms with van der Waals surface area (Å²) in [7, 11) is 0. The zero-order chi connectivity index (χ0) is 15.4. The van der Waals surface area contributed by atoms with Gasteiger partial charge in [-0.2, -0.15) is 26.3 Å². The lowest BCUT2D eigenvalue weighted by atomic mass is 10.1. The summed E-state index contributed by atoms with van der Waals surface area (Å²) in [5, 5.41) is 0. The molecule has 9 heteroatoms. The van der Waals surface area contributed by atoms with E-state index in [0.29, 0.717) is 6.29 Å². The largest absolute Gasteiger partial charge is 0.446 e. The number of carbonyl (C=O) groups excluding carboxylic acids is 1. The van der Waals surface area contributed by atoms with Gasteiger partial charge >= 0.3 is 11.0 Å². The highest BCUT2D eigenvalue weighted by molar-refractivity contribution is 8.03. The van der Waals surface area contributed by atoms with Gasteiger partial charge in [0.15, 0.2) is 0 Å². The van der Waals surface area contributed by atoms with Crippen LogP contribution in [0.15, 0.2) is 28.0 Å². The average molecular weight is 334 g/mol. The molecule has 0 atom stereocenters. The Morgan fingerprint density at radius 2 is 1.60 bits per heavy atom. The fourth-order valence-electron chi connectivity index (χ4n) is 1.41. The van der Waals surface area contributed by atoms with Gasteiger partial charge in [0, 0.05) is 16.2 Å². The van der Waals surface area contributed by atoms with E-state index in [9.17, 15) is 31.1 Å². The Morgan fingerprint density at radius 1 is 1.00 bits per heavy atom. The van der Waals surface area contributed by atoms with E-state index in [1.807, 2.05) is 0 Å². The average Bonchev–Trinajstić information content (AvgIpc) is 2.26. The summed E-state index contributed by atoms with van der Waals surface area (Å²) in [6.45, 7) is 0. The van der Waals surface area contributed by atoms with Crippen molar-refractivity contribution < 1.29 is 31.1 Å². The number of halogens is 6. The van der Waals surface area contributed by atoms with Gasteiger partial charge in [0.2, 0.25) is 0 Å². The number of thioether (sulfide) groups is 2. The Balaban J connectivity index is 3.17. The van der Waals surface area contributed by atoms with Crippen LogP contribution >= 0.6 is 23.5 Å². The quantitative estimate of drug-likeness (QED) is 0.426. The second-order valence-electron chi connectivity index (χ2n) is 3.55. The number of aryl methyl sites for hydroxylation is 1. The third kappa shape index (κ3) is 6.08. The molecule has 1 aromatic carbocycles. The molecule has 0 saturated carbocycles. The van der Waals surface area contributed by atoms with Crippen LogP contribution in [-0.2, 0) is 11.2 Å². The molecule has 0 aliphatic carbocycles. The molecule has 112 valence electrons. The van der Waals surface area contributed by atoms with Crippen molar-refractivity contribution in [3.8, 4) is 0 Å². The summed E-state index contributed by atoms with van der Waals surface area (Å²) in [5.41, 5.74) is -9.30. The van der Waals surface area contributed by atoms with Gasteiger partial charge in [-0.25, -0.2) is 0 Å². The summed E-state index contributed by atoms with van der Waals surface area (Å²) in [6.07, 6.45) is 0.422. The first-order valence-electron chi connectivity index (χ1n) is 5.19. The minimum Gasteiger partial charge on any atom is -0.303 e. The first-order chi connectivity index (χ1) is 9.12. The predicted molar refractivity (Wildman–Crippen MR) is 64.7 cm³/mol. The van der Waals surface area contributed by atoms with Crippen molar-refractivity contribution >= 4 is 29.8 Å². The molecular formula is C11H8F6OS2. The van der Waals surface area contributed by atoms with Crippen molar-refractivity contribution in [2.75, 3.05) is 0 Å². The van der Waals surface area contributed by atoms with E-state index in [1.54, 1.807) is 0 Å². The molecule has 0 bridgehead atoms. The van der Waals surface area contributed by atoms with Gasteiger partial charge in [-0.1, -0.05) is 12.1 Å². The molecule has 1 aromatic rings. The molecule has 0 aliphatic rings. The predicted octanol–water partition coefficient (Wildman–Crippen LogP) is 5.04. The number of alkyl halides is 6. The van der Waals surface area contributed by atoms with Crippen molar-refractivity contribution in [3.05, 3.63) is 23.8 Å². The van der Waals surface area contributed by atoms with Gasteiger partial charge in [0.25, 0.3) is 0 Å². The van der Waals surface area contributed by atoms with Crippen LogP contribution in [0.1, 0.15) is 12.0 Å². The smallest absolute Gasteiger partial charge is 0.303 e. The topological polar surface area (TPSA) is 17.1 Å². The van der Waals surface area contributed by atoms with Crippen LogP contribution in [-0.4, -0.2) is 17.3 Å². The van der Waals surface area contributed by atoms with E-state index in [0.717, 1.165) is 6.07 Å². The van der Waals surface area contributed by atoms with Crippen LogP contribution in [0.2, 0.25) is 0 Å². The van der Waals surface area contributed by atoms with Crippen LogP contribution in [0.4, 0.5) is 26.3 Å². The molecule has 0 fully saturated rings. The van der Waals surface area contributed by atoms with Crippen LogP contribution in [0.5, 0.6) is 0 Å². The van der Waals surface area contributed by atoms with Crippen LogP contribution in [0, 0.1) is 0 Å². The summed E-state index contributed by atoms with van der Waals surface area (Å²) in [4.78, 5) is 9.27. The van der Waals surface area contributed by atoms with E-state index in [1.165, 1.54) is 12.1 Å². The van der Waals surface area contributed by atoms with E-state index in [2.05, 4.69) is 0 Å². The number of benzene rings is 1. The van der Waals surface area contributed by atoms with Crippen molar-refractivity contribution in [2.45, 2.75) is 33.6 Å². The lowest BCUT2D eigenvalue weighted by molar-refractivity contribution is -0.107. The van der Waals surface area contributed by atoms with Gasteiger partial charge in [-0.15, -0.1) is 0 Å². The maximum atomic E-state index is 12.5. The number of hydrogen-bond acceptors (Lipinski definition) is 3. The monoisotopic (exact) mass is 334 g/mol. The lowest BCUT2D eigenvalue weighted by Crippen LogP contribution is -2.05. The fraction of sp³-hybridized carbons (Fsp3) is 0.364. The molecule has 0 heterocycles. The molecule has 0 aromatic heterocycles. The highest BCUT2D eigenvalue weighted by Gasteiger charge is 2.35. The summed E-state index contributed by atoms with van der Waals surface area (Å²) in [5.74, 6) is 0. The number of aldehydes is 1. The van der Waals surface area contributed by atoms with Crippen molar-refractivity contribution in [1.82, 2.24) is 0 Å². The second-order valence-corrected chi connectivity index (χ2v) is 5.73. The van der Waals surface area contributed by atoms with Crippen molar-refractivity contribution in [1.29, 1.82) is 0 Å². The molecule has 0 aliphatic heterocycles. The summed E-state index contributed by atoms with van der Waals surface area (Å²) in [6, 6.07) is 3.52. The van der Waals surface area contributed by atoms with Crippen molar-refractivity contribution in [3.63, 3.8) is 0 Å². The molecule has 20 heavy (non-hydrogen) atoms. The zero-order valence-corrected chi connectivity index (χ0v) is 11.3. The van der Waals surface area contributed by atoms with Crippen LogP contribution in [0.25, 0.3) is 0 Å². The maximum Gasteiger partial charge on any atom is 0.446 e. The number of carbonyl (C=O) groups is 1. The Labute approximate surface area is 119 Å². The van der Waals surface area contributed by atoms with Gasteiger partial charge < -0.3 is 4.79 Å². The Morgan fingerprint density at radius 3 is 2.10 bits per heavy atom. The normalized spacial score (nSPS) is 12.5. The SMILES string of the molecule is O=CCCc1cccc(SC(F)(F)F)c1SC(F)(F)F. The molecular weight excluding hydrogens is 326 g/mol. The molecule has 0 radical (unpaired) electrons. The molecule has 0 N–H and O–H groups in total. The Kier molecular flexibility index (Phi) is 5.81. The summed E-state index contributed by atoms with van der Waals surface area (Å²) < 4.78 is 74.4. The Hall–Kier alpha value is -0.830. The highest BCUT2D eigenvalue weighted by atomic mass is 32.2. The van der Waals surface area contributed by atoms with Gasteiger partial charge in [0.05, 0.1) is 0 Å². The van der Waals surface area contributed by atoms with Gasteiger partial charge in [0.1, 0.15) is 6.29 Å². The zero-order valence-electron chi connectivity index (χ0n) is 9.72. The third-order valence-electron chi connectivity index (χ3n) is 2.04. The van der Waals surface area contributed by atoms with Gasteiger partial charge in [-0.3, -0.25) is 0 Å². The minimum atomic E-state index is -4.70. The molecule has 1 nitrogen and oxygen atoms in total. The fourth-order valence-corrected chi connectivity index (χ4v) is 2.98. The third-order valence-corrected chi connectivity index (χ3v) is 3.87. The number of rotatable bonds is 5. The summed E-state index contributed by atoms with van der Waals surface area (Å²) >= 11 is -1.19. The van der Waals surface area contributed by atoms with E-state index in [-0.39, 0.29) is 18.4 Å². The molecule has 1 rings (SSSR count). The van der Waals surface area contributed by atoms with Crippen LogP contribution in [0.3, 0.4) is 0 Å². The second kappa shape index (κ2) is 6.75. The minimum absolute atomic E-state index is 0.0336. The maximum absolute atomic E-state index is 12.5. The molecule has 0 unspecified atom stereocenters. The van der Waals surface area contributed by atoms with E-state index in [4.69, 9.17) is 0 Å². The highest BCUT2D eigenvalue weighted by Crippen LogP contribution is 2.47.